The number of methoxy groups -OCH3 is 1. The van der Waals surface area contributed by atoms with Gasteiger partial charge in [0.05, 0.1) is 24.2 Å². The lowest BCUT2D eigenvalue weighted by Crippen LogP contribution is -2.28. The van der Waals surface area contributed by atoms with Crippen LogP contribution in [-0.4, -0.2) is 31.9 Å². The summed E-state index contributed by atoms with van der Waals surface area (Å²) in [5.74, 6) is 1.21. The summed E-state index contributed by atoms with van der Waals surface area (Å²) in [4.78, 5) is 0.243. The third-order valence-electron chi connectivity index (χ3n) is 4.92. The van der Waals surface area contributed by atoms with Crippen LogP contribution in [0.1, 0.15) is 30.0 Å². The van der Waals surface area contributed by atoms with Gasteiger partial charge >= 0.3 is 0 Å². The number of hydrogen-bond acceptors (Lipinski definition) is 5. The molecule has 1 N–H and O–H groups in total. The topological polar surface area (TPSA) is 73.2 Å². The average Bonchev–Trinajstić information content (AvgIpc) is 3.19. The number of benzene rings is 1. The first-order valence-corrected chi connectivity index (χ1v) is 11.6. The summed E-state index contributed by atoms with van der Waals surface area (Å²) in [7, 11) is -2.01. The Bertz CT molecular complexity index is 1070. The van der Waals surface area contributed by atoms with E-state index in [9.17, 15) is 8.42 Å². The number of aryl methyl sites for hydroxylation is 1. The van der Waals surface area contributed by atoms with Crippen molar-refractivity contribution in [2.24, 2.45) is 0 Å². The number of aromatic nitrogens is 2. The monoisotopic (exact) mass is 417 g/mol. The summed E-state index contributed by atoms with van der Waals surface area (Å²) >= 11 is 1.65. The van der Waals surface area contributed by atoms with E-state index in [0.717, 1.165) is 16.8 Å². The first kappa shape index (κ1) is 19.2. The van der Waals surface area contributed by atoms with Gasteiger partial charge in [-0.2, -0.15) is 16.4 Å². The molecular formula is C20H23N3O3S2. The number of sulfonamides is 1. The minimum atomic E-state index is -3.58. The molecule has 1 aliphatic carbocycles. The van der Waals surface area contributed by atoms with Gasteiger partial charge in [-0.15, -0.1) is 0 Å². The third kappa shape index (κ3) is 3.99. The summed E-state index contributed by atoms with van der Waals surface area (Å²) in [6.45, 7) is 2.62. The van der Waals surface area contributed by atoms with E-state index < -0.39 is 10.0 Å². The van der Waals surface area contributed by atoms with Crippen LogP contribution in [-0.2, 0) is 16.6 Å². The van der Waals surface area contributed by atoms with Gasteiger partial charge in [0.25, 0.3) is 0 Å². The van der Waals surface area contributed by atoms with Crippen LogP contribution in [0.15, 0.2) is 46.0 Å². The van der Waals surface area contributed by atoms with Gasteiger partial charge in [0.2, 0.25) is 10.0 Å². The zero-order valence-corrected chi connectivity index (χ0v) is 17.5. The lowest BCUT2D eigenvalue weighted by atomic mass is 10.2. The molecule has 0 radical (unpaired) electrons. The van der Waals surface area contributed by atoms with Crippen molar-refractivity contribution < 1.29 is 13.2 Å². The summed E-state index contributed by atoms with van der Waals surface area (Å²) < 4.78 is 35.1. The maximum Gasteiger partial charge on any atom is 0.240 e. The van der Waals surface area contributed by atoms with Crippen LogP contribution < -0.4 is 9.46 Å². The SMILES string of the molecule is COc1ccc(S(=O)(=O)NCCn2nc(-c3ccsc3)cc2C2CC2)cc1C. The number of hydrogen-bond donors (Lipinski definition) is 1. The molecule has 0 aliphatic heterocycles. The highest BCUT2D eigenvalue weighted by molar-refractivity contribution is 7.89. The van der Waals surface area contributed by atoms with Crippen molar-refractivity contribution in [3.05, 3.63) is 52.3 Å². The lowest BCUT2D eigenvalue weighted by Gasteiger charge is -2.11. The molecule has 0 saturated heterocycles. The molecule has 1 saturated carbocycles. The molecule has 8 heteroatoms. The highest BCUT2D eigenvalue weighted by Crippen LogP contribution is 2.41. The molecule has 1 aliphatic rings. The van der Waals surface area contributed by atoms with E-state index in [4.69, 9.17) is 9.84 Å². The van der Waals surface area contributed by atoms with Crippen molar-refractivity contribution in [2.45, 2.75) is 37.1 Å². The Balaban J connectivity index is 1.47. The van der Waals surface area contributed by atoms with Gasteiger partial charge in [0.15, 0.2) is 0 Å². The van der Waals surface area contributed by atoms with E-state index in [1.165, 1.54) is 18.5 Å². The van der Waals surface area contributed by atoms with E-state index in [-0.39, 0.29) is 11.4 Å². The van der Waals surface area contributed by atoms with E-state index in [1.807, 2.05) is 17.0 Å². The van der Waals surface area contributed by atoms with Gasteiger partial charge in [-0.05, 0) is 61.0 Å². The van der Waals surface area contributed by atoms with Crippen LogP contribution in [0, 0.1) is 6.92 Å². The van der Waals surface area contributed by atoms with E-state index in [0.29, 0.717) is 18.2 Å². The number of ether oxygens (including phenoxy) is 1. The number of rotatable bonds is 8. The fourth-order valence-electron chi connectivity index (χ4n) is 3.26. The molecule has 0 unspecified atom stereocenters. The van der Waals surface area contributed by atoms with Crippen LogP contribution >= 0.6 is 11.3 Å². The minimum absolute atomic E-state index is 0.243. The van der Waals surface area contributed by atoms with Gasteiger partial charge in [0.1, 0.15) is 5.75 Å². The quantitative estimate of drug-likeness (QED) is 0.605. The molecule has 148 valence electrons. The van der Waals surface area contributed by atoms with Crippen molar-refractivity contribution in [1.82, 2.24) is 14.5 Å². The molecule has 3 aromatic rings. The van der Waals surface area contributed by atoms with Crippen molar-refractivity contribution in [3.63, 3.8) is 0 Å². The summed E-state index contributed by atoms with van der Waals surface area (Å²) in [5, 5.41) is 8.83. The van der Waals surface area contributed by atoms with E-state index >= 15 is 0 Å². The summed E-state index contributed by atoms with van der Waals surface area (Å²) in [6, 6.07) is 9.06. The highest BCUT2D eigenvalue weighted by atomic mass is 32.2. The Morgan fingerprint density at radius 2 is 2.11 bits per heavy atom. The standard InChI is InChI=1S/C20H23N3O3S2/c1-14-11-17(5-6-20(14)26-2)28(24,25)21-8-9-23-19(15-3-4-15)12-18(22-23)16-7-10-27-13-16/h5-7,10-13,15,21H,3-4,8-9H2,1-2H3. The van der Waals surface area contributed by atoms with Crippen molar-refractivity contribution >= 4 is 21.4 Å². The number of nitrogens with one attached hydrogen (secondary N) is 1. The maximum absolute atomic E-state index is 12.6. The van der Waals surface area contributed by atoms with Gasteiger partial charge in [-0.25, -0.2) is 13.1 Å². The molecule has 0 spiro atoms. The third-order valence-corrected chi connectivity index (χ3v) is 7.06. The molecule has 28 heavy (non-hydrogen) atoms. The Morgan fingerprint density at radius 1 is 1.29 bits per heavy atom. The predicted octanol–water partition coefficient (Wildman–Crippen LogP) is 3.78. The normalized spacial score (nSPS) is 14.4. The second kappa shape index (κ2) is 7.69. The van der Waals surface area contributed by atoms with Crippen molar-refractivity contribution in [3.8, 4) is 17.0 Å². The molecule has 0 amide bonds. The largest absolute Gasteiger partial charge is 0.496 e. The second-order valence-corrected chi connectivity index (χ2v) is 9.54. The first-order valence-electron chi connectivity index (χ1n) is 9.22. The predicted molar refractivity (Wildman–Crippen MR) is 110 cm³/mol. The van der Waals surface area contributed by atoms with Crippen LogP contribution in [0.3, 0.4) is 0 Å². The van der Waals surface area contributed by atoms with Crippen LogP contribution in [0.4, 0.5) is 0 Å². The van der Waals surface area contributed by atoms with Crippen LogP contribution in [0.5, 0.6) is 5.75 Å². The fraction of sp³-hybridized carbons (Fsp3) is 0.350. The molecule has 2 aromatic heterocycles. The van der Waals surface area contributed by atoms with Gasteiger partial charge < -0.3 is 4.74 Å². The van der Waals surface area contributed by atoms with Crippen LogP contribution in [0.25, 0.3) is 11.3 Å². The van der Waals surface area contributed by atoms with E-state index in [2.05, 4.69) is 22.2 Å². The van der Waals surface area contributed by atoms with Gasteiger partial charge in [-0.3, -0.25) is 4.68 Å². The Labute approximate surface area is 169 Å². The zero-order chi connectivity index (χ0) is 19.7. The molecule has 2 heterocycles. The highest BCUT2D eigenvalue weighted by Gasteiger charge is 2.28. The summed E-state index contributed by atoms with van der Waals surface area (Å²) in [5.41, 5.74) is 4.05. The van der Waals surface area contributed by atoms with Gasteiger partial charge in [-0.1, -0.05) is 0 Å². The average molecular weight is 418 g/mol. The Kier molecular flexibility index (Phi) is 5.27. The first-order chi connectivity index (χ1) is 13.5. The smallest absolute Gasteiger partial charge is 0.240 e. The van der Waals surface area contributed by atoms with Crippen molar-refractivity contribution in [1.29, 1.82) is 0 Å². The van der Waals surface area contributed by atoms with Gasteiger partial charge in [0, 0.05) is 29.1 Å². The Hall–Kier alpha value is -2.16. The number of nitrogens with zero attached hydrogens (tertiary/aromatic N) is 2. The molecule has 0 atom stereocenters. The minimum Gasteiger partial charge on any atom is -0.496 e. The summed E-state index contributed by atoms with van der Waals surface area (Å²) in [6.07, 6.45) is 2.34. The maximum atomic E-state index is 12.6. The molecule has 6 nitrogen and oxygen atoms in total. The fourth-order valence-corrected chi connectivity index (χ4v) is 5.01. The number of thiophene rings is 1. The second-order valence-electron chi connectivity index (χ2n) is 6.99. The van der Waals surface area contributed by atoms with Crippen molar-refractivity contribution in [2.75, 3.05) is 13.7 Å². The Morgan fingerprint density at radius 3 is 2.75 bits per heavy atom. The molecule has 4 rings (SSSR count). The molecule has 0 bridgehead atoms. The van der Waals surface area contributed by atoms with E-state index in [1.54, 1.807) is 36.6 Å². The molecular weight excluding hydrogens is 394 g/mol. The zero-order valence-electron chi connectivity index (χ0n) is 15.9. The molecule has 1 aromatic carbocycles. The molecule has 1 fully saturated rings. The lowest BCUT2D eigenvalue weighted by molar-refractivity contribution is 0.411. The van der Waals surface area contributed by atoms with Crippen LogP contribution in [0.2, 0.25) is 0 Å².